The lowest BCUT2D eigenvalue weighted by Crippen LogP contribution is -2.44. The lowest BCUT2D eigenvalue weighted by Gasteiger charge is -2.22. The third-order valence-corrected chi connectivity index (χ3v) is 5.15. The van der Waals surface area contributed by atoms with Gasteiger partial charge in [0.1, 0.15) is 12.1 Å². The molecule has 0 aliphatic carbocycles. The number of urea groups is 1. The van der Waals surface area contributed by atoms with Gasteiger partial charge in [0.25, 0.3) is 5.91 Å². The van der Waals surface area contributed by atoms with Crippen LogP contribution in [0.25, 0.3) is 11.1 Å². The van der Waals surface area contributed by atoms with Crippen LogP contribution in [-0.2, 0) is 9.59 Å². The first-order chi connectivity index (χ1) is 13.8. The highest BCUT2D eigenvalue weighted by molar-refractivity contribution is 6.10. The lowest BCUT2D eigenvalue weighted by atomic mass is 9.92. The third-order valence-electron chi connectivity index (χ3n) is 5.15. The standard InChI is InChI=1S/C23H27N3O3/c1-16(2)13-14-23(3)21(28)26(22(29)25-23)15-20(27)24-19-12-8-7-11-18(19)17-9-5-4-6-10-17/h4-12,16H,13-15H2,1-3H3,(H,24,27)(H,25,29). The predicted octanol–water partition coefficient (Wildman–Crippen LogP) is 4.04. The van der Waals surface area contributed by atoms with Gasteiger partial charge in [-0.05, 0) is 37.3 Å². The number of carbonyl (C=O) groups excluding carboxylic acids is 3. The van der Waals surface area contributed by atoms with Gasteiger partial charge in [-0.1, -0.05) is 62.4 Å². The summed E-state index contributed by atoms with van der Waals surface area (Å²) >= 11 is 0. The average molecular weight is 393 g/mol. The Balaban J connectivity index is 1.71. The summed E-state index contributed by atoms with van der Waals surface area (Å²) in [5.74, 6) is -0.344. The van der Waals surface area contributed by atoms with E-state index in [1.54, 1.807) is 13.0 Å². The lowest BCUT2D eigenvalue weighted by molar-refractivity contribution is -0.133. The van der Waals surface area contributed by atoms with Crippen molar-refractivity contribution in [2.24, 2.45) is 5.92 Å². The number of benzene rings is 2. The van der Waals surface area contributed by atoms with Gasteiger partial charge in [0, 0.05) is 11.3 Å². The summed E-state index contributed by atoms with van der Waals surface area (Å²) in [7, 11) is 0. The van der Waals surface area contributed by atoms with E-state index < -0.39 is 17.5 Å². The molecule has 6 heteroatoms. The van der Waals surface area contributed by atoms with E-state index in [1.807, 2.05) is 48.5 Å². The Bertz CT molecular complexity index is 911. The maximum absolute atomic E-state index is 12.8. The van der Waals surface area contributed by atoms with Crippen molar-refractivity contribution >= 4 is 23.5 Å². The zero-order chi connectivity index (χ0) is 21.0. The van der Waals surface area contributed by atoms with Crippen LogP contribution in [0.4, 0.5) is 10.5 Å². The van der Waals surface area contributed by atoms with Crippen LogP contribution in [0.2, 0.25) is 0 Å². The first-order valence-electron chi connectivity index (χ1n) is 9.88. The molecule has 0 spiro atoms. The minimum atomic E-state index is -0.955. The fourth-order valence-corrected chi connectivity index (χ4v) is 3.43. The number of anilines is 1. The monoisotopic (exact) mass is 393 g/mol. The van der Waals surface area contributed by atoms with Crippen LogP contribution in [0.1, 0.15) is 33.6 Å². The fraction of sp³-hybridized carbons (Fsp3) is 0.348. The topological polar surface area (TPSA) is 78.5 Å². The number of para-hydroxylation sites is 1. The van der Waals surface area contributed by atoms with E-state index in [9.17, 15) is 14.4 Å². The van der Waals surface area contributed by atoms with E-state index in [1.165, 1.54) is 0 Å². The largest absolute Gasteiger partial charge is 0.325 e. The highest BCUT2D eigenvalue weighted by Crippen LogP contribution is 2.28. The van der Waals surface area contributed by atoms with Gasteiger partial charge in [0.2, 0.25) is 5.91 Å². The maximum atomic E-state index is 12.8. The van der Waals surface area contributed by atoms with Crippen LogP contribution in [0.5, 0.6) is 0 Å². The van der Waals surface area contributed by atoms with E-state index in [2.05, 4.69) is 24.5 Å². The number of hydrogen-bond donors (Lipinski definition) is 2. The van der Waals surface area contributed by atoms with E-state index in [0.717, 1.165) is 22.4 Å². The molecule has 1 atom stereocenters. The number of carbonyl (C=O) groups is 3. The number of rotatable bonds is 7. The summed E-state index contributed by atoms with van der Waals surface area (Å²) in [6.45, 7) is 5.54. The second kappa shape index (κ2) is 8.47. The molecule has 0 radical (unpaired) electrons. The highest BCUT2D eigenvalue weighted by Gasteiger charge is 2.47. The van der Waals surface area contributed by atoms with Crippen molar-refractivity contribution in [1.29, 1.82) is 0 Å². The van der Waals surface area contributed by atoms with E-state index in [0.29, 0.717) is 18.0 Å². The van der Waals surface area contributed by atoms with Crippen molar-refractivity contribution in [3.05, 3.63) is 54.6 Å². The predicted molar refractivity (Wildman–Crippen MR) is 113 cm³/mol. The van der Waals surface area contributed by atoms with Gasteiger partial charge in [-0.15, -0.1) is 0 Å². The molecular weight excluding hydrogens is 366 g/mol. The van der Waals surface area contributed by atoms with E-state index >= 15 is 0 Å². The number of imide groups is 1. The minimum Gasteiger partial charge on any atom is -0.324 e. The van der Waals surface area contributed by atoms with Crippen molar-refractivity contribution in [2.75, 3.05) is 11.9 Å². The molecule has 152 valence electrons. The Hall–Kier alpha value is -3.15. The molecule has 1 unspecified atom stereocenters. The molecule has 6 nitrogen and oxygen atoms in total. The van der Waals surface area contributed by atoms with Crippen LogP contribution in [0, 0.1) is 5.92 Å². The summed E-state index contributed by atoms with van der Waals surface area (Å²) in [5.41, 5.74) is 1.53. The molecule has 1 saturated heterocycles. The van der Waals surface area contributed by atoms with Gasteiger partial charge < -0.3 is 10.6 Å². The van der Waals surface area contributed by atoms with Gasteiger partial charge in [-0.2, -0.15) is 0 Å². The summed E-state index contributed by atoms with van der Waals surface area (Å²) in [6, 6.07) is 16.6. The van der Waals surface area contributed by atoms with Gasteiger partial charge in [0.05, 0.1) is 0 Å². The van der Waals surface area contributed by atoms with Crippen molar-refractivity contribution < 1.29 is 14.4 Å². The SMILES string of the molecule is CC(C)CCC1(C)NC(=O)N(CC(=O)Nc2ccccc2-c2ccccc2)C1=O. The second-order valence-electron chi connectivity index (χ2n) is 8.05. The normalized spacial score (nSPS) is 18.8. The van der Waals surface area contributed by atoms with Crippen molar-refractivity contribution in [1.82, 2.24) is 10.2 Å². The summed E-state index contributed by atoms with van der Waals surface area (Å²) in [4.78, 5) is 38.8. The number of hydrogen-bond acceptors (Lipinski definition) is 3. The first-order valence-corrected chi connectivity index (χ1v) is 9.88. The maximum Gasteiger partial charge on any atom is 0.325 e. The van der Waals surface area contributed by atoms with Crippen LogP contribution in [0.15, 0.2) is 54.6 Å². The summed E-state index contributed by atoms with van der Waals surface area (Å²) in [6.07, 6.45) is 1.36. The number of nitrogens with one attached hydrogen (secondary N) is 2. The van der Waals surface area contributed by atoms with E-state index in [-0.39, 0.29) is 12.5 Å². The Kier molecular flexibility index (Phi) is 6.01. The molecule has 1 aliphatic heterocycles. The van der Waals surface area contributed by atoms with Crippen LogP contribution in [-0.4, -0.2) is 34.8 Å². The van der Waals surface area contributed by atoms with Crippen molar-refractivity contribution in [3.63, 3.8) is 0 Å². The molecular formula is C23H27N3O3. The zero-order valence-corrected chi connectivity index (χ0v) is 17.1. The first kappa shape index (κ1) is 20.6. The molecule has 4 amide bonds. The van der Waals surface area contributed by atoms with Gasteiger partial charge in [-0.3, -0.25) is 14.5 Å². The summed E-state index contributed by atoms with van der Waals surface area (Å²) in [5, 5.41) is 5.59. The molecule has 1 aliphatic rings. The molecule has 2 aromatic rings. The molecule has 0 bridgehead atoms. The Labute approximate surface area is 171 Å². The van der Waals surface area contributed by atoms with Crippen LogP contribution < -0.4 is 10.6 Å². The van der Waals surface area contributed by atoms with Gasteiger partial charge in [0.15, 0.2) is 0 Å². The highest BCUT2D eigenvalue weighted by atomic mass is 16.2. The fourth-order valence-electron chi connectivity index (χ4n) is 3.43. The van der Waals surface area contributed by atoms with Crippen molar-refractivity contribution in [3.8, 4) is 11.1 Å². The smallest absolute Gasteiger partial charge is 0.324 e. The third kappa shape index (κ3) is 4.65. The summed E-state index contributed by atoms with van der Waals surface area (Å²) < 4.78 is 0. The molecule has 3 rings (SSSR count). The second-order valence-corrected chi connectivity index (χ2v) is 8.05. The average Bonchev–Trinajstić information content (AvgIpc) is 2.91. The number of amides is 4. The molecule has 29 heavy (non-hydrogen) atoms. The Morgan fingerprint density at radius 1 is 1.07 bits per heavy atom. The minimum absolute atomic E-state index is 0.314. The van der Waals surface area contributed by atoms with Gasteiger partial charge >= 0.3 is 6.03 Å². The molecule has 0 aromatic heterocycles. The molecule has 0 saturated carbocycles. The molecule has 2 N–H and O–H groups in total. The number of nitrogens with zero attached hydrogens (tertiary/aromatic N) is 1. The van der Waals surface area contributed by atoms with Crippen LogP contribution >= 0.6 is 0 Å². The Morgan fingerprint density at radius 3 is 2.41 bits per heavy atom. The van der Waals surface area contributed by atoms with Gasteiger partial charge in [-0.25, -0.2) is 4.79 Å². The Morgan fingerprint density at radius 2 is 1.72 bits per heavy atom. The zero-order valence-electron chi connectivity index (χ0n) is 17.1. The van der Waals surface area contributed by atoms with Crippen LogP contribution in [0.3, 0.4) is 0 Å². The van der Waals surface area contributed by atoms with E-state index in [4.69, 9.17) is 0 Å². The molecule has 1 fully saturated rings. The molecule has 2 aromatic carbocycles. The van der Waals surface area contributed by atoms with Crippen molar-refractivity contribution in [2.45, 2.75) is 39.2 Å². The quantitative estimate of drug-likeness (QED) is 0.697. The molecule has 1 heterocycles.